The van der Waals surface area contributed by atoms with E-state index >= 15 is 0 Å². The maximum absolute atomic E-state index is 5.73. The summed E-state index contributed by atoms with van der Waals surface area (Å²) in [6.45, 7) is 8.10. The Bertz CT molecular complexity index is 180. The monoisotopic (exact) mass is 227 g/mol. The summed E-state index contributed by atoms with van der Waals surface area (Å²) in [6, 6.07) is 0. The highest BCUT2D eigenvalue weighted by Gasteiger charge is 2.20. The van der Waals surface area contributed by atoms with E-state index in [2.05, 4.69) is 30.8 Å². The van der Waals surface area contributed by atoms with E-state index in [1.54, 1.807) is 0 Å². The number of likely N-dealkylation sites (tertiary alicyclic amines) is 1. The van der Waals surface area contributed by atoms with Crippen LogP contribution in [0.15, 0.2) is 0 Å². The van der Waals surface area contributed by atoms with E-state index in [9.17, 15) is 0 Å². The van der Waals surface area contributed by atoms with Gasteiger partial charge in [0.1, 0.15) is 0 Å². The second-order valence-electron chi connectivity index (χ2n) is 5.48. The average molecular weight is 227 g/mol. The van der Waals surface area contributed by atoms with Gasteiger partial charge in [0.15, 0.2) is 0 Å². The zero-order chi connectivity index (χ0) is 12.0. The Hall–Kier alpha value is -0.120. The van der Waals surface area contributed by atoms with Crippen molar-refractivity contribution in [1.29, 1.82) is 0 Å². The molecule has 0 saturated carbocycles. The Labute approximate surface area is 101 Å². The van der Waals surface area contributed by atoms with Crippen LogP contribution in [0.4, 0.5) is 0 Å². The molecule has 1 rings (SSSR count). The predicted octanol–water partition coefficient (Wildman–Crippen LogP) is 1.24. The minimum absolute atomic E-state index is 0.716. The SMILES string of the molecule is CCC(CN)CCN(C)CC1CCN(C)C1. The first-order valence-electron chi connectivity index (χ1n) is 6.72. The van der Waals surface area contributed by atoms with Crippen molar-refractivity contribution in [3.05, 3.63) is 0 Å². The van der Waals surface area contributed by atoms with E-state index in [0.717, 1.165) is 12.5 Å². The van der Waals surface area contributed by atoms with Crippen molar-refractivity contribution in [2.45, 2.75) is 26.2 Å². The Morgan fingerprint density at radius 2 is 2.25 bits per heavy atom. The molecule has 0 radical (unpaired) electrons. The Balaban J connectivity index is 2.13. The Morgan fingerprint density at radius 3 is 2.75 bits per heavy atom. The van der Waals surface area contributed by atoms with Gasteiger partial charge in [0.05, 0.1) is 0 Å². The first-order chi connectivity index (χ1) is 7.65. The van der Waals surface area contributed by atoms with E-state index in [1.807, 2.05) is 0 Å². The van der Waals surface area contributed by atoms with Gasteiger partial charge in [-0.2, -0.15) is 0 Å². The van der Waals surface area contributed by atoms with Gasteiger partial charge >= 0.3 is 0 Å². The van der Waals surface area contributed by atoms with Gasteiger partial charge in [0, 0.05) is 13.1 Å². The average Bonchev–Trinajstić information content (AvgIpc) is 2.65. The third-order valence-corrected chi connectivity index (χ3v) is 3.89. The van der Waals surface area contributed by atoms with Crippen LogP contribution in [0.2, 0.25) is 0 Å². The summed E-state index contributed by atoms with van der Waals surface area (Å²) < 4.78 is 0. The molecular weight excluding hydrogens is 198 g/mol. The van der Waals surface area contributed by atoms with E-state index in [0.29, 0.717) is 5.92 Å². The van der Waals surface area contributed by atoms with Crippen LogP contribution in [0.5, 0.6) is 0 Å². The highest BCUT2D eigenvalue weighted by Crippen LogP contribution is 2.15. The lowest BCUT2D eigenvalue weighted by atomic mass is 10.0. The van der Waals surface area contributed by atoms with Gasteiger partial charge in [0.2, 0.25) is 0 Å². The fraction of sp³-hybridized carbons (Fsp3) is 1.00. The third kappa shape index (κ3) is 4.81. The van der Waals surface area contributed by atoms with Crippen molar-refractivity contribution in [3.63, 3.8) is 0 Å². The molecule has 2 atom stereocenters. The molecule has 1 aliphatic heterocycles. The molecule has 16 heavy (non-hydrogen) atoms. The quantitative estimate of drug-likeness (QED) is 0.710. The standard InChI is InChI=1S/C13H29N3/c1-4-12(9-14)5-7-15(2)10-13-6-8-16(3)11-13/h12-13H,4-11,14H2,1-3H3. The van der Waals surface area contributed by atoms with Crippen LogP contribution in [0.1, 0.15) is 26.2 Å². The normalized spacial score (nSPS) is 24.2. The zero-order valence-corrected chi connectivity index (χ0v) is 11.3. The number of nitrogens with two attached hydrogens (primary N) is 1. The minimum atomic E-state index is 0.716. The number of hydrogen-bond donors (Lipinski definition) is 1. The predicted molar refractivity (Wildman–Crippen MR) is 70.6 cm³/mol. The van der Waals surface area contributed by atoms with Crippen molar-refractivity contribution in [2.24, 2.45) is 17.6 Å². The third-order valence-electron chi connectivity index (χ3n) is 3.89. The summed E-state index contributed by atoms with van der Waals surface area (Å²) in [5.41, 5.74) is 5.73. The summed E-state index contributed by atoms with van der Waals surface area (Å²) in [4.78, 5) is 4.93. The first kappa shape index (κ1) is 13.9. The van der Waals surface area contributed by atoms with Gasteiger partial charge < -0.3 is 15.5 Å². The first-order valence-corrected chi connectivity index (χ1v) is 6.72. The van der Waals surface area contributed by atoms with Crippen molar-refractivity contribution < 1.29 is 0 Å². The maximum Gasteiger partial charge on any atom is 0.00193 e. The molecule has 2 unspecified atom stereocenters. The van der Waals surface area contributed by atoms with Crippen LogP contribution in [-0.4, -0.2) is 56.6 Å². The van der Waals surface area contributed by atoms with Crippen LogP contribution < -0.4 is 5.73 Å². The molecule has 1 heterocycles. The van der Waals surface area contributed by atoms with Crippen molar-refractivity contribution in [1.82, 2.24) is 9.80 Å². The lowest BCUT2D eigenvalue weighted by Crippen LogP contribution is -2.30. The summed E-state index contributed by atoms with van der Waals surface area (Å²) in [6.07, 6.45) is 3.84. The van der Waals surface area contributed by atoms with Crippen LogP contribution in [0.3, 0.4) is 0 Å². The molecule has 0 aromatic heterocycles. The molecule has 3 heteroatoms. The molecule has 0 amide bonds. The van der Waals surface area contributed by atoms with Crippen molar-refractivity contribution in [3.8, 4) is 0 Å². The van der Waals surface area contributed by atoms with Gasteiger partial charge in [-0.1, -0.05) is 13.3 Å². The summed E-state index contributed by atoms with van der Waals surface area (Å²) in [5.74, 6) is 1.60. The highest BCUT2D eigenvalue weighted by atomic mass is 15.1. The second-order valence-corrected chi connectivity index (χ2v) is 5.48. The molecule has 1 saturated heterocycles. The number of nitrogens with zero attached hydrogens (tertiary/aromatic N) is 2. The maximum atomic E-state index is 5.73. The lowest BCUT2D eigenvalue weighted by molar-refractivity contribution is 0.254. The van der Waals surface area contributed by atoms with Crippen molar-refractivity contribution in [2.75, 3.05) is 46.8 Å². The van der Waals surface area contributed by atoms with Crippen molar-refractivity contribution >= 4 is 0 Å². The largest absolute Gasteiger partial charge is 0.330 e. The van der Waals surface area contributed by atoms with Gasteiger partial charge in [-0.25, -0.2) is 0 Å². The fourth-order valence-corrected chi connectivity index (χ4v) is 2.60. The van der Waals surface area contributed by atoms with Gasteiger partial charge in [-0.3, -0.25) is 0 Å². The molecule has 0 aliphatic carbocycles. The molecule has 96 valence electrons. The van der Waals surface area contributed by atoms with E-state index < -0.39 is 0 Å². The number of hydrogen-bond acceptors (Lipinski definition) is 3. The van der Waals surface area contributed by atoms with Crippen LogP contribution in [-0.2, 0) is 0 Å². The minimum Gasteiger partial charge on any atom is -0.330 e. The van der Waals surface area contributed by atoms with Crippen LogP contribution in [0, 0.1) is 11.8 Å². The van der Waals surface area contributed by atoms with Gasteiger partial charge in [-0.15, -0.1) is 0 Å². The molecule has 1 aliphatic rings. The molecule has 0 bridgehead atoms. The molecule has 3 nitrogen and oxygen atoms in total. The summed E-state index contributed by atoms with van der Waals surface area (Å²) in [7, 11) is 4.48. The van der Waals surface area contributed by atoms with Crippen LogP contribution in [0.25, 0.3) is 0 Å². The highest BCUT2D eigenvalue weighted by molar-refractivity contribution is 4.75. The molecule has 0 aromatic carbocycles. The second kappa shape index (κ2) is 7.25. The summed E-state index contributed by atoms with van der Waals surface area (Å²) >= 11 is 0. The lowest BCUT2D eigenvalue weighted by Gasteiger charge is -2.23. The topological polar surface area (TPSA) is 32.5 Å². The number of rotatable bonds is 7. The Morgan fingerprint density at radius 1 is 1.50 bits per heavy atom. The molecule has 1 fully saturated rings. The summed E-state index contributed by atoms with van der Waals surface area (Å²) in [5, 5.41) is 0. The smallest absolute Gasteiger partial charge is 0.00193 e. The fourth-order valence-electron chi connectivity index (χ4n) is 2.60. The van der Waals surface area contributed by atoms with Crippen LogP contribution >= 0.6 is 0 Å². The Kier molecular flexibility index (Phi) is 6.32. The molecule has 0 aromatic rings. The molecule has 2 N–H and O–H groups in total. The zero-order valence-electron chi connectivity index (χ0n) is 11.3. The molecule has 0 spiro atoms. The molecular formula is C13H29N3. The van der Waals surface area contributed by atoms with Gasteiger partial charge in [0.25, 0.3) is 0 Å². The van der Waals surface area contributed by atoms with E-state index in [4.69, 9.17) is 5.73 Å². The van der Waals surface area contributed by atoms with E-state index in [-0.39, 0.29) is 0 Å². The van der Waals surface area contributed by atoms with Gasteiger partial charge in [-0.05, 0) is 58.4 Å². The van der Waals surface area contributed by atoms with E-state index in [1.165, 1.54) is 45.4 Å².